The number of fused-ring (bicyclic) bond motifs is 1. The van der Waals surface area contributed by atoms with Gasteiger partial charge in [-0.2, -0.15) is 22.3 Å². The van der Waals surface area contributed by atoms with Crippen LogP contribution in [0.2, 0.25) is 0 Å². The monoisotopic (exact) mass is 329 g/mol. The Balaban J connectivity index is 2.19. The van der Waals surface area contributed by atoms with Gasteiger partial charge in [0, 0.05) is 38.7 Å². The number of hydrogen-bond donors (Lipinski definition) is 0. The Labute approximate surface area is 134 Å². The van der Waals surface area contributed by atoms with Gasteiger partial charge in [-0.25, -0.2) is 0 Å². The molecule has 22 heavy (non-hydrogen) atoms. The summed E-state index contributed by atoms with van der Waals surface area (Å²) in [7, 11) is -1.97. The Morgan fingerprint density at radius 1 is 1.32 bits per heavy atom. The van der Waals surface area contributed by atoms with E-state index in [9.17, 15) is 8.42 Å². The first-order chi connectivity index (χ1) is 10.5. The molecule has 1 aliphatic carbocycles. The maximum atomic E-state index is 13.1. The molecule has 1 saturated heterocycles. The molecule has 1 heterocycles. The largest absolute Gasteiger partial charge is 0.383 e. The van der Waals surface area contributed by atoms with Gasteiger partial charge in [0.25, 0.3) is 10.2 Å². The molecule has 2 fully saturated rings. The Bertz CT molecular complexity index is 503. The lowest BCUT2D eigenvalue weighted by molar-refractivity contribution is 0.171. The van der Waals surface area contributed by atoms with E-state index >= 15 is 0 Å². The molecular weight excluding hydrogens is 302 g/mol. The van der Waals surface area contributed by atoms with Crippen molar-refractivity contribution >= 4 is 10.2 Å². The van der Waals surface area contributed by atoms with Gasteiger partial charge >= 0.3 is 0 Å². The fourth-order valence-electron chi connectivity index (χ4n) is 3.91. The lowest BCUT2D eigenvalue weighted by Gasteiger charge is -2.35. The summed E-state index contributed by atoms with van der Waals surface area (Å²) in [5, 5.41) is 8.79. The van der Waals surface area contributed by atoms with Crippen LogP contribution in [0.4, 0.5) is 0 Å². The van der Waals surface area contributed by atoms with Crippen molar-refractivity contribution < 1.29 is 13.2 Å². The number of hydrogen-bond acceptors (Lipinski definition) is 4. The van der Waals surface area contributed by atoms with E-state index in [1.165, 1.54) is 10.7 Å². The van der Waals surface area contributed by atoms with Crippen LogP contribution in [-0.2, 0) is 14.9 Å². The second-order valence-electron chi connectivity index (χ2n) is 6.33. The van der Waals surface area contributed by atoms with Gasteiger partial charge in [0.1, 0.15) is 0 Å². The molecule has 0 aromatic heterocycles. The van der Waals surface area contributed by atoms with E-state index in [-0.39, 0.29) is 25.0 Å². The number of methoxy groups -OCH3 is 1. The fourth-order valence-corrected chi connectivity index (χ4v) is 5.96. The second-order valence-corrected chi connectivity index (χ2v) is 8.17. The van der Waals surface area contributed by atoms with Crippen molar-refractivity contribution in [1.82, 2.24) is 8.61 Å². The molecule has 0 bridgehead atoms. The van der Waals surface area contributed by atoms with Crippen LogP contribution in [-0.4, -0.2) is 55.9 Å². The van der Waals surface area contributed by atoms with Crippen LogP contribution in [0, 0.1) is 17.2 Å². The third-order valence-corrected chi connectivity index (χ3v) is 7.07. The predicted octanol–water partition coefficient (Wildman–Crippen LogP) is 1.75. The first-order valence-electron chi connectivity index (χ1n) is 8.17. The van der Waals surface area contributed by atoms with Gasteiger partial charge in [-0.05, 0) is 32.1 Å². The molecule has 1 saturated carbocycles. The summed E-state index contributed by atoms with van der Waals surface area (Å²) < 4.78 is 34.4. The topological polar surface area (TPSA) is 73.6 Å². The highest BCUT2D eigenvalue weighted by molar-refractivity contribution is 7.86. The minimum absolute atomic E-state index is 0.0465. The molecule has 2 rings (SSSR count). The van der Waals surface area contributed by atoms with Crippen molar-refractivity contribution in [3.63, 3.8) is 0 Å². The molecule has 0 N–H and O–H groups in total. The summed E-state index contributed by atoms with van der Waals surface area (Å²) >= 11 is 0. The van der Waals surface area contributed by atoms with E-state index in [1.807, 2.05) is 13.0 Å². The Morgan fingerprint density at radius 2 is 2.05 bits per heavy atom. The van der Waals surface area contributed by atoms with E-state index < -0.39 is 10.2 Å². The maximum absolute atomic E-state index is 13.1. The second kappa shape index (κ2) is 7.73. The molecule has 7 heteroatoms. The highest BCUT2D eigenvalue weighted by Crippen LogP contribution is 2.41. The smallest absolute Gasteiger partial charge is 0.282 e. The lowest BCUT2D eigenvalue weighted by Crippen LogP contribution is -2.50. The highest BCUT2D eigenvalue weighted by Gasteiger charge is 2.47. The SMILES string of the molecule is COCCN(CCC#N)S(=O)(=O)N1[C@H](C)C[C@@H]2CCCC[C@H]21. The van der Waals surface area contributed by atoms with Gasteiger partial charge < -0.3 is 4.74 Å². The summed E-state index contributed by atoms with van der Waals surface area (Å²) in [4.78, 5) is 0. The molecule has 0 unspecified atom stereocenters. The summed E-state index contributed by atoms with van der Waals surface area (Å²) in [5.74, 6) is 0.499. The van der Waals surface area contributed by atoms with Crippen LogP contribution >= 0.6 is 0 Å². The zero-order chi connectivity index (χ0) is 16.2. The number of ether oxygens (including phenoxy) is 1. The summed E-state index contributed by atoms with van der Waals surface area (Å²) in [6.45, 7) is 2.90. The number of nitrogens with zero attached hydrogens (tertiary/aromatic N) is 3. The van der Waals surface area contributed by atoms with Crippen LogP contribution in [0.15, 0.2) is 0 Å². The van der Waals surface area contributed by atoms with E-state index in [2.05, 4.69) is 0 Å². The van der Waals surface area contributed by atoms with Crippen molar-refractivity contribution in [1.29, 1.82) is 5.26 Å². The van der Waals surface area contributed by atoms with Crippen molar-refractivity contribution in [2.24, 2.45) is 5.92 Å². The van der Waals surface area contributed by atoms with Gasteiger partial charge in [0.05, 0.1) is 12.7 Å². The van der Waals surface area contributed by atoms with E-state index in [4.69, 9.17) is 10.00 Å². The summed E-state index contributed by atoms with van der Waals surface area (Å²) in [5.41, 5.74) is 0. The molecule has 1 aliphatic heterocycles. The first kappa shape index (κ1) is 17.7. The van der Waals surface area contributed by atoms with Crippen molar-refractivity contribution in [2.45, 2.75) is 57.5 Å². The van der Waals surface area contributed by atoms with Crippen LogP contribution in [0.5, 0.6) is 0 Å². The predicted molar refractivity (Wildman–Crippen MR) is 84.3 cm³/mol. The zero-order valence-corrected chi connectivity index (χ0v) is 14.4. The van der Waals surface area contributed by atoms with Gasteiger partial charge in [0.2, 0.25) is 0 Å². The van der Waals surface area contributed by atoms with E-state index in [0.29, 0.717) is 19.1 Å². The first-order valence-corrected chi connectivity index (χ1v) is 9.56. The quantitative estimate of drug-likeness (QED) is 0.713. The average Bonchev–Trinajstić information content (AvgIpc) is 2.83. The van der Waals surface area contributed by atoms with E-state index in [0.717, 1.165) is 25.7 Å². The Kier molecular flexibility index (Phi) is 6.21. The summed E-state index contributed by atoms with van der Waals surface area (Å²) in [6.07, 6.45) is 5.58. The van der Waals surface area contributed by atoms with Crippen LogP contribution in [0.1, 0.15) is 45.4 Å². The molecule has 0 amide bonds. The standard InChI is InChI=1S/C15H27N3O3S/c1-13-12-14-6-3-4-7-15(14)18(13)22(19,20)17(9-5-8-16)10-11-21-2/h13-15H,3-7,9-12H2,1-2H3/t13-,14+,15-/m1/s1. The van der Waals surface area contributed by atoms with Gasteiger partial charge in [-0.15, -0.1) is 0 Å². The van der Waals surface area contributed by atoms with Gasteiger partial charge in [-0.1, -0.05) is 12.8 Å². The van der Waals surface area contributed by atoms with Crippen molar-refractivity contribution in [3.8, 4) is 6.07 Å². The lowest BCUT2D eigenvalue weighted by atomic mass is 9.85. The van der Waals surface area contributed by atoms with Gasteiger partial charge in [0.15, 0.2) is 0 Å². The normalized spacial score (nSPS) is 29.5. The average molecular weight is 329 g/mol. The third kappa shape index (κ3) is 3.62. The molecular formula is C15H27N3O3S. The van der Waals surface area contributed by atoms with Crippen LogP contribution < -0.4 is 0 Å². The Morgan fingerprint density at radius 3 is 2.73 bits per heavy atom. The molecule has 0 radical (unpaired) electrons. The number of rotatable bonds is 7. The van der Waals surface area contributed by atoms with E-state index in [1.54, 1.807) is 11.4 Å². The fraction of sp³-hybridized carbons (Fsp3) is 0.933. The van der Waals surface area contributed by atoms with Crippen LogP contribution in [0.25, 0.3) is 0 Å². The minimum atomic E-state index is -3.53. The maximum Gasteiger partial charge on any atom is 0.282 e. The minimum Gasteiger partial charge on any atom is -0.383 e. The molecule has 2 aliphatic rings. The highest BCUT2D eigenvalue weighted by atomic mass is 32.2. The van der Waals surface area contributed by atoms with Crippen LogP contribution in [0.3, 0.4) is 0 Å². The molecule has 0 spiro atoms. The Hall–Kier alpha value is -0.680. The molecule has 0 aromatic carbocycles. The molecule has 3 atom stereocenters. The zero-order valence-electron chi connectivity index (χ0n) is 13.6. The summed E-state index contributed by atoms with van der Waals surface area (Å²) in [6, 6.07) is 2.23. The third-order valence-electron chi connectivity index (χ3n) is 4.88. The molecule has 0 aromatic rings. The van der Waals surface area contributed by atoms with Gasteiger partial charge in [-0.3, -0.25) is 0 Å². The molecule has 6 nitrogen and oxygen atoms in total. The van der Waals surface area contributed by atoms with Crippen molar-refractivity contribution in [2.75, 3.05) is 26.8 Å². The molecule has 126 valence electrons. The van der Waals surface area contributed by atoms with Crippen molar-refractivity contribution in [3.05, 3.63) is 0 Å². The number of nitriles is 1.